The summed E-state index contributed by atoms with van der Waals surface area (Å²) in [5.74, 6) is 0.965. The molecule has 2 aliphatic heterocycles. The number of hydrogen-bond donors (Lipinski definition) is 0. The SMILES string of the molecule is Cc1c(CN2CCN(C)CC2)nc(Cl)nc1N1CCOCC1. The molecule has 3 rings (SSSR count). The summed E-state index contributed by atoms with van der Waals surface area (Å²) < 4.78 is 5.42. The van der Waals surface area contributed by atoms with Crippen LogP contribution in [0.15, 0.2) is 0 Å². The first kappa shape index (κ1) is 15.9. The van der Waals surface area contributed by atoms with Crippen molar-refractivity contribution in [2.24, 2.45) is 0 Å². The molecule has 0 radical (unpaired) electrons. The lowest BCUT2D eigenvalue weighted by molar-refractivity contribution is 0.122. The van der Waals surface area contributed by atoms with Gasteiger partial charge in [0.15, 0.2) is 0 Å². The Balaban J connectivity index is 1.77. The average Bonchev–Trinajstić information content (AvgIpc) is 2.53. The third kappa shape index (κ3) is 3.68. The number of aromatic nitrogens is 2. The zero-order valence-electron chi connectivity index (χ0n) is 13.4. The molecule has 0 saturated carbocycles. The van der Waals surface area contributed by atoms with Gasteiger partial charge in [-0.2, -0.15) is 0 Å². The molecule has 2 fully saturated rings. The molecule has 122 valence electrons. The molecule has 0 unspecified atom stereocenters. The quantitative estimate of drug-likeness (QED) is 0.773. The van der Waals surface area contributed by atoms with Crippen LogP contribution in [-0.4, -0.2) is 79.3 Å². The molecule has 6 nitrogen and oxygen atoms in total. The Bertz CT molecular complexity index is 513. The maximum atomic E-state index is 6.18. The van der Waals surface area contributed by atoms with Crippen molar-refractivity contribution in [2.45, 2.75) is 13.5 Å². The van der Waals surface area contributed by atoms with Crippen molar-refractivity contribution in [2.75, 3.05) is 64.4 Å². The van der Waals surface area contributed by atoms with Gasteiger partial charge in [-0.05, 0) is 25.6 Å². The molecule has 0 aromatic carbocycles. The molecule has 0 aliphatic carbocycles. The molecule has 0 amide bonds. The molecule has 1 aromatic heterocycles. The highest BCUT2D eigenvalue weighted by atomic mass is 35.5. The van der Waals surface area contributed by atoms with Crippen LogP contribution in [0.2, 0.25) is 5.28 Å². The molecule has 22 heavy (non-hydrogen) atoms. The van der Waals surface area contributed by atoms with Gasteiger partial charge >= 0.3 is 0 Å². The number of likely N-dealkylation sites (N-methyl/N-ethyl adjacent to an activating group) is 1. The first-order valence-corrected chi connectivity index (χ1v) is 8.28. The zero-order chi connectivity index (χ0) is 15.5. The van der Waals surface area contributed by atoms with Crippen LogP contribution in [-0.2, 0) is 11.3 Å². The highest BCUT2D eigenvalue weighted by molar-refractivity contribution is 6.28. The number of hydrogen-bond acceptors (Lipinski definition) is 6. The van der Waals surface area contributed by atoms with Crippen LogP contribution in [0.4, 0.5) is 5.82 Å². The summed E-state index contributed by atoms with van der Waals surface area (Å²) in [4.78, 5) is 16.0. The van der Waals surface area contributed by atoms with Crippen molar-refractivity contribution in [3.05, 3.63) is 16.5 Å². The fourth-order valence-corrected chi connectivity index (χ4v) is 3.16. The Morgan fingerprint density at radius 1 is 1.05 bits per heavy atom. The lowest BCUT2D eigenvalue weighted by Crippen LogP contribution is -2.44. The Hall–Kier alpha value is -0.950. The molecular weight excluding hydrogens is 302 g/mol. The van der Waals surface area contributed by atoms with Crippen LogP contribution in [0.5, 0.6) is 0 Å². The number of anilines is 1. The second-order valence-corrected chi connectivity index (χ2v) is 6.40. The van der Waals surface area contributed by atoms with E-state index >= 15 is 0 Å². The van der Waals surface area contributed by atoms with Crippen LogP contribution < -0.4 is 4.90 Å². The number of morpholine rings is 1. The van der Waals surface area contributed by atoms with E-state index in [9.17, 15) is 0 Å². The molecule has 0 spiro atoms. The van der Waals surface area contributed by atoms with Crippen molar-refractivity contribution < 1.29 is 4.74 Å². The molecule has 0 bridgehead atoms. The third-order valence-corrected chi connectivity index (χ3v) is 4.64. The van der Waals surface area contributed by atoms with E-state index in [1.807, 2.05) is 0 Å². The maximum Gasteiger partial charge on any atom is 0.224 e. The van der Waals surface area contributed by atoms with Gasteiger partial charge < -0.3 is 14.5 Å². The van der Waals surface area contributed by atoms with Crippen molar-refractivity contribution in [3.8, 4) is 0 Å². The van der Waals surface area contributed by atoms with Gasteiger partial charge in [-0.25, -0.2) is 9.97 Å². The van der Waals surface area contributed by atoms with Crippen LogP contribution in [0.1, 0.15) is 11.3 Å². The highest BCUT2D eigenvalue weighted by Crippen LogP contribution is 2.24. The molecule has 3 heterocycles. The minimum Gasteiger partial charge on any atom is -0.378 e. The van der Waals surface area contributed by atoms with Gasteiger partial charge in [-0.3, -0.25) is 4.90 Å². The van der Waals surface area contributed by atoms with Crippen molar-refractivity contribution >= 4 is 17.4 Å². The maximum absolute atomic E-state index is 6.18. The van der Waals surface area contributed by atoms with Gasteiger partial charge in [0.1, 0.15) is 5.82 Å². The third-order valence-electron chi connectivity index (χ3n) is 4.47. The Morgan fingerprint density at radius 2 is 1.73 bits per heavy atom. The average molecular weight is 326 g/mol. The zero-order valence-corrected chi connectivity index (χ0v) is 14.1. The summed E-state index contributed by atoms with van der Waals surface area (Å²) in [6, 6.07) is 0. The Morgan fingerprint density at radius 3 is 2.41 bits per heavy atom. The number of nitrogens with zero attached hydrogens (tertiary/aromatic N) is 5. The van der Waals surface area contributed by atoms with Gasteiger partial charge in [-0.15, -0.1) is 0 Å². The first-order chi connectivity index (χ1) is 10.6. The molecule has 7 heteroatoms. The van der Waals surface area contributed by atoms with Crippen LogP contribution in [0.25, 0.3) is 0 Å². The fourth-order valence-electron chi connectivity index (χ4n) is 2.98. The highest BCUT2D eigenvalue weighted by Gasteiger charge is 2.21. The summed E-state index contributed by atoms with van der Waals surface area (Å²) in [5, 5.41) is 0.344. The van der Waals surface area contributed by atoms with Gasteiger partial charge in [-0.1, -0.05) is 0 Å². The van der Waals surface area contributed by atoms with Gasteiger partial charge in [0.2, 0.25) is 5.28 Å². The van der Waals surface area contributed by atoms with Gasteiger partial charge in [0.05, 0.1) is 18.9 Å². The molecule has 2 saturated heterocycles. The van der Waals surface area contributed by atoms with E-state index in [2.05, 4.69) is 38.6 Å². The van der Waals surface area contributed by atoms with E-state index in [0.29, 0.717) is 5.28 Å². The topological polar surface area (TPSA) is 44.7 Å². The van der Waals surface area contributed by atoms with Gasteiger partial charge in [0.25, 0.3) is 0 Å². The van der Waals surface area contributed by atoms with E-state index in [1.165, 1.54) is 0 Å². The van der Waals surface area contributed by atoms with Crippen molar-refractivity contribution in [3.63, 3.8) is 0 Å². The summed E-state index contributed by atoms with van der Waals surface area (Å²) in [6.07, 6.45) is 0. The normalized spacial score (nSPS) is 21.3. The molecule has 0 atom stereocenters. The van der Waals surface area contributed by atoms with Crippen LogP contribution in [0, 0.1) is 6.92 Å². The summed E-state index contributed by atoms with van der Waals surface area (Å²) in [7, 11) is 2.17. The molecule has 2 aliphatic rings. The van der Waals surface area contributed by atoms with E-state index < -0.39 is 0 Å². The first-order valence-electron chi connectivity index (χ1n) is 7.90. The number of ether oxygens (including phenoxy) is 1. The Labute approximate surface area is 137 Å². The minimum absolute atomic E-state index is 0.344. The van der Waals surface area contributed by atoms with E-state index in [-0.39, 0.29) is 0 Å². The van der Waals surface area contributed by atoms with E-state index in [4.69, 9.17) is 16.3 Å². The van der Waals surface area contributed by atoms with Gasteiger partial charge in [0, 0.05) is 51.4 Å². The second-order valence-electron chi connectivity index (χ2n) is 6.07. The predicted molar refractivity (Wildman–Crippen MR) is 87.6 cm³/mol. The largest absolute Gasteiger partial charge is 0.378 e. The Kier molecular flexibility index (Phi) is 5.13. The number of halogens is 1. The smallest absolute Gasteiger partial charge is 0.224 e. The molecular formula is C15H24ClN5O. The lowest BCUT2D eigenvalue weighted by atomic mass is 10.2. The standard InChI is InChI=1S/C15H24ClN5O/c1-12-13(11-20-5-3-19(2)4-6-20)17-15(16)18-14(12)21-7-9-22-10-8-21/h3-11H2,1-2H3. The summed E-state index contributed by atoms with van der Waals surface area (Å²) >= 11 is 6.18. The molecule has 1 aromatic rings. The minimum atomic E-state index is 0.344. The molecule has 0 N–H and O–H groups in total. The number of piperazine rings is 1. The second kappa shape index (κ2) is 7.08. The van der Waals surface area contributed by atoms with Crippen molar-refractivity contribution in [1.82, 2.24) is 19.8 Å². The monoisotopic (exact) mass is 325 g/mol. The van der Waals surface area contributed by atoms with E-state index in [1.54, 1.807) is 0 Å². The van der Waals surface area contributed by atoms with Crippen molar-refractivity contribution in [1.29, 1.82) is 0 Å². The number of rotatable bonds is 3. The van der Waals surface area contributed by atoms with Crippen LogP contribution in [0.3, 0.4) is 0 Å². The van der Waals surface area contributed by atoms with Crippen LogP contribution >= 0.6 is 11.6 Å². The predicted octanol–water partition coefficient (Wildman–Crippen LogP) is 1.02. The summed E-state index contributed by atoms with van der Waals surface area (Å²) in [6.45, 7) is 10.5. The van der Waals surface area contributed by atoms with E-state index in [0.717, 1.165) is 76.1 Å². The fraction of sp³-hybridized carbons (Fsp3) is 0.733. The summed E-state index contributed by atoms with van der Waals surface area (Å²) in [5.41, 5.74) is 2.19. The lowest BCUT2D eigenvalue weighted by Gasteiger charge is -2.33.